The summed E-state index contributed by atoms with van der Waals surface area (Å²) in [5.41, 5.74) is 10.7. The van der Waals surface area contributed by atoms with E-state index in [4.69, 9.17) is 32.2 Å². The van der Waals surface area contributed by atoms with E-state index >= 15 is 0 Å². The van der Waals surface area contributed by atoms with Gasteiger partial charge in [0.25, 0.3) is 0 Å². The molecular weight excluding hydrogens is 412 g/mol. The van der Waals surface area contributed by atoms with Crippen LogP contribution in [0.4, 0.5) is 11.8 Å². The van der Waals surface area contributed by atoms with Crippen LogP contribution in [0.1, 0.15) is 18.4 Å². The SMILES string of the molecule is Cc1cccc(-n2nc3nc(NC[C@H]4CCCO4)nc(-c4ccc(Cl)cc4)c3c2N)c1. The molecule has 0 aliphatic carbocycles. The second-order valence-corrected chi connectivity index (χ2v) is 8.19. The summed E-state index contributed by atoms with van der Waals surface area (Å²) < 4.78 is 7.43. The summed E-state index contributed by atoms with van der Waals surface area (Å²) in [7, 11) is 0. The Bertz CT molecular complexity index is 1230. The van der Waals surface area contributed by atoms with Crippen molar-refractivity contribution in [3.05, 3.63) is 59.1 Å². The second-order valence-electron chi connectivity index (χ2n) is 7.75. The molecule has 1 saturated heterocycles. The van der Waals surface area contributed by atoms with Crippen molar-refractivity contribution in [2.24, 2.45) is 0 Å². The molecule has 1 aliphatic heterocycles. The number of ether oxygens (including phenoxy) is 1. The van der Waals surface area contributed by atoms with Crippen molar-refractivity contribution >= 4 is 34.4 Å². The molecule has 5 rings (SSSR count). The van der Waals surface area contributed by atoms with Crippen molar-refractivity contribution in [2.75, 3.05) is 24.2 Å². The van der Waals surface area contributed by atoms with E-state index in [1.165, 1.54) is 0 Å². The summed E-state index contributed by atoms with van der Waals surface area (Å²) in [6, 6.07) is 15.6. The molecule has 8 heteroatoms. The van der Waals surface area contributed by atoms with Gasteiger partial charge in [0.05, 0.1) is 22.9 Å². The normalized spacial score (nSPS) is 16.1. The van der Waals surface area contributed by atoms with Crippen molar-refractivity contribution in [3.8, 4) is 16.9 Å². The molecule has 3 heterocycles. The molecule has 2 aromatic carbocycles. The zero-order chi connectivity index (χ0) is 21.4. The van der Waals surface area contributed by atoms with Crippen LogP contribution in [-0.4, -0.2) is 39.0 Å². The fourth-order valence-electron chi connectivity index (χ4n) is 3.87. The molecule has 0 unspecified atom stereocenters. The lowest BCUT2D eigenvalue weighted by Gasteiger charge is -2.12. The highest BCUT2D eigenvalue weighted by Gasteiger charge is 2.20. The maximum Gasteiger partial charge on any atom is 0.225 e. The Morgan fingerprint density at radius 1 is 1.19 bits per heavy atom. The number of halogens is 1. The zero-order valence-corrected chi connectivity index (χ0v) is 17.9. The highest BCUT2D eigenvalue weighted by molar-refractivity contribution is 6.30. The van der Waals surface area contributed by atoms with Gasteiger partial charge in [-0.3, -0.25) is 0 Å². The first kappa shape index (κ1) is 19.8. The molecule has 4 aromatic rings. The Hall–Kier alpha value is -3.16. The van der Waals surface area contributed by atoms with Crippen LogP contribution in [0.5, 0.6) is 0 Å². The number of nitrogen functional groups attached to an aromatic ring is 1. The number of fused-ring (bicyclic) bond motifs is 1. The van der Waals surface area contributed by atoms with Crippen LogP contribution in [0.3, 0.4) is 0 Å². The number of hydrogen-bond donors (Lipinski definition) is 2. The van der Waals surface area contributed by atoms with Crippen LogP contribution < -0.4 is 11.1 Å². The molecule has 1 aliphatic rings. The topological polar surface area (TPSA) is 90.9 Å². The Morgan fingerprint density at radius 2 is 2.03 bits per heavy atom. The van der Waals surface area contributed by atoms with Gasteiger partial charge in [0.15, 0.2) is 5.65 Å². The predicted molar refractivity (Wildman–Crippen MR) is 124 cm³/mol. The minimum atomic E-state index is 0.174. The highest BCUT2D eigenvalue weighted by atomic mass is 35.5. The summed E-state index contributed by atoms with van der Waals surface area (Å²) in [6.45, 7) is 3.49. The molecule has 2 aromatic heterocycles. The molecule has 1 atom stereocenters. The highest BCUT2D eigenvalue weighted by Crippen LogP contribution is 2.33. The van der Waals surface area contributed by atoms with E-state index < -0.39 is 0 Å². The fraction of sp³-hybridized carbons (Fsp3) is 0.261. The number of anilines is 2. The van der Waals surface area contributed by atoms with E-state index in [1.807, 2.05) is 55.5 Å². The van der Waals surface area contributed by atoms with Crippen molar-refractivity contribution in [2.45, 2.75) is 25.9 Å². The van der Waals surface area contributed by atoms with Gasteiger partial charge in [0, 0.05) is 23.7 Å². The van der Waals surface area contributed by atoms with E-state index in [2.05, 4.69) is 10.3 Å². The molecule has 0 amide bonds. The Morgan fingerprint density at radius 3 is 2.77 bits per heavy atom. The standard InChI is InChI=1S/C23H23ClN6O/c1-14-4-2-5-17(12-14)30-21(25)19-20(15-7-9-16(24)10-8-15)27-23(28-22(19)29-30)26-13-18-6-3-11-31-18/h2,4-5,7-10,12,18H,3,6,11,13,25H2,1H3,(H,26,28,29)/t18-/m1/s1. The number of hydrogen-bond acceptors (Lipinski definition) is 6. The van der Waals surface area contributed by atoms with Crippen molar-refractivity contribution in [1.29, 1.82) is 0 Å². The molecule has 1 fully saturated rings. The van der Waals surface area contributed by atoms with Gasteiger partial charge in [-0.15, -0.1) is 5.10 Å². The van der Waals surface area contributed by atoms with E-state index in [0.29, 0.717) is 40.1 Å². The molecule has 0 radical (unpaired) electrons. The number of nitrogens with two attached hydrogens (primary N) is 1. The molecule has 0 spiro atoms. The zero-order valence-electron chi connectivity index (χ0n) is 17.2. The third-order valence-electron chi connectivity index (χ3n) is 5.44. The third-order valence-corrected chi connectivity index (χ3v) is 5.70. The number of rotatable bonds is 5. The molecule has 7 nitrogen and oxygen atoms in total. The lowest BCUT2D eigenvalue weighted by Crippen LogP contribution is -2.19. The molecule has 31 heavy (non-hydrogen) atoms. The average molecular weight is 435 g/mol. The van der Waals surface area contributed by atoms with Crippen LogP contribution in [0.2, 0.25) is 5.02 Å². The van der Waals surface area contributed by atoms with Crippen molar-refractivity contribution in [3.63, 3.8) is 0 Å². The van der Waals surface area contributed by atoms with Gasteiger partial charge in [-0.2, -0.15) is 4.98 Å². The van der Waals surface area contributed by atoms with Crippen LogP contribution in [-0.2, 0) is 4.74 Å². The lowest BCUT2D eigenvalue weighted by atomic mass is 10.1. The maximum absolute atomic E-state index is 6.57. The smallest absolute Gasteiger partial charge is 0.225 e. The van der Waals surface area contributed by atoms with Gasteiger partial charge in [0.2, 0.25) is 5.95 Å². The number of nitrogens with zero attached hydrogens (tertiary/aromatic N) is 4. The Labute approximate surface area is 185 Å². The summed E-state index contributed by atoms with van der Waals surface area (Å²) in [4.78, 5) is 9.45. The number of nitrogens with one attached hydrogen (secondary N) is 1. The minimum Gasteiger partial charge on any atom is -0.383 e. The van der Waals surface area contributed by atoms with Gasteiger partial charge < -0.3 is 15.8 Å². The Balaban J connectivity index is 1.63. The molecule has 3 N–H and O–H groups in total. The number of benzene rings is 2. The van der Waals surface area contributed by atoms with Crippen LogP contribution in [0.25, 0.3) is 28.0 Å². The van der Waals surface area contributed by atoms with Gasteiger partial charge in [0.1, 0.15) is 5.82 Å². The van der Waals surface area contributed by atoms with Gasteiger partial charge in [-0.25, -0.2) is 9.67 Å². The summed E-state index contributed by atoms with van der Waals surface area (Å²) in [5, 5.41) is 9.40. The van der Waals surface area contributed by atoms with Gasteiger partial charge in [-0.1, -0.05) is 35.9 Å². The molecule has 158 valence electrons. The lowest BCUT2D eigenvalue weighted by molar-refractivity contribution is 0.120. The maximum atomic E-state index is 6.57. The van der Waals surface area contributed by atoms with Crippen LogP contribution in [0.15, 0.2) is 48.5 Å². The largest absolute Gasteiger partial charge is 0.383 e. The number of aromatic nitrogens is 4. The number of aryl methyl sites for hydroxylation is 1. The van der Waals surface area contributed by atoms with E-state index in [-0.39, 0.29) is 6.10 Å². The van der Waals surface area contributed by atoms with Crippen molar-refractivity contribution in [1.82, 2.24) is 19.7 Å². The van der Waals surface area contributed by atoms with Gasteiger partial charge in [-0.05, 0) is 49.6 Å². The summed E-state index contributed by atoms with van der Waals surface area (Å²) in [5.74, 6) is 0.998. The third kappa shape index (κ3) is 3.94. The molecular formula is C23H23ClN6O. The minimum absolute atomic E-state index is 0.174. The average Bonchev–Trinajstić information content (AvgIpc) is 3.40. The monoisotopic (exact) mass is 434 g/mol. The summed E-state index contributed by atoms with van der Waals surface area (Å²) in [6.07, 6.45) is 2.29. The van der Waals surface area contributed by atoms with E-state index in [9.17, 15) is 0 Å². The van der Waals surface area contributed by atoms with E-state index in [0.717, 1.165) is 36.3 Å². The molecule has 0 saturated carbocycles. The first-order valence-corrected chi connectivity index (χ1v) is 10.7. The second kappa shape index (κ2) is 8.17. The first-order valence-electron chi connectivity index (χ1n) is 10.3. The van der Waals surface area contributed by atoms with Crippen LogP contribution >= 0.6 is 11.6 Å². The summed E-state index contributed by atoms with van der Waals surface area (Å²) >= 11 is 6.10. The fourth-order valence-corrected chi connectivity index (χ4v) is 4.00. The quantitative estimate of drug-likeness (QED) is 0.476. The van der Waals surface area contributed by atoms with Crippen molar-refractivity contribution < 1.29 is 4.74 Å². The first-order chi connectivity index (χ1) is 15.1. The molecule has 0 bridgehead atoms. The predicted octanol–water partition coefficient (Wildman–Crippen LogP) is 4.62. The van der Waals surface area contributed by atoms with Crippen LogP contribution in [0, 0.1) is 6.92 Å². The Kier molecular flexibility index (Phi) is 5.21. The van der Waals surface area contributed by atoms with Gasteiger partial charge >= 0.3 is 0 Å². The van der Waals surface area contributed by atoms with E-state index in [1.54, 1.807) is 4.68 Å².